The van der Waals surface area contributed by atoms with Crippen molar-refractivity contribution in [2.45, 2.75) is 26.2 Å². The molecule has 0 aliphatic heterocycles. The number of anilines is 2. The summed E-state index contributed by atoms with van der Waals surface area (Å²) in [6.07, 6.45) is 2.96. The average Bonchev–Trinajstić information content (AvgIpc) is 2.80. The maximum absolute atomic E-state index is 12.3. The van der Waals surface area contributed by atoms with Crippen LogP contribution in [0.5, 0.6) is 11.5 Å². The fourth-order valence-corrected chi connectivity index (χ4v) is 2.99. The Labute approximate surface area is 184 Å². The molecule has 3 aromatic carbocycles. The molecule has 0 unspecified atom stereocenters. The quantitative estimate of drug-likeness (QED) is 0.379. The molecule has 0 saturated heterocycles. The van der Waals surface area contributed by atoms with Gasteiger partial charge in [-0.25, -0.2) is 0 Å². The van der Waals surface area contributed by atoms with E-state index in [4.69, 9.17) is 9.47 Å². The number of hydrogen-bond acceptors (Lipinski definition) is 4. The zero-order valence-corrected chi connectivity index (χ0v) is 18.0. The molecule has 2 N–H and O–H groups in total. The van der Waals surface area contributed by atoms with Gasteiger partial charge in [-0.1, -0.05) is 49.7 Å². The number of hydrogen-bond donors (Lipinski definition) is 2. The molecule has 0 aliphatic carbocycles. The molecule has 0 atom stereocenters. The Balaban J connectivity index is 1.39. The Morgan fingerprint density at radius 2 is 1.58 bits per heavy atom. The van der Waals surface area contributed by atoms with Crippen LogP contribution in [-0.4, -0.2) is 25.7 Å². The fraction of sp³-hybridized carbons (Fsp3) is 0.269. The third-order valence-corrected chi connectivity index (χ3v) is 4.69. The summed E-state index contributed by atoms with van der Waals surface area (Å²) in [6.45, 7) is 3.61. The van der Waals surface area contributed by atoms with Crippen LogP contribution in [0, 0.1) is 0 Å². The van der Waals surface area contributed by atoms with E-state index >= 15 is 0 Å². The van der Waals surface area contributed by atoms with Crippen molar-refractivity contribution in [3.63, 3.8) is 0 Å². The average molecular weight is 419 g/mol. The van der Waals surface area contributed by atoms with E-state index in [0.717, 1.165) is 42.1 Å². The third kappa shape index (κ3) is 8.05. The summed E-state index contributed by atoms with van der Waals surface area (Å²) in [7, 11) is 0. The molecule has 0 spiro atoms. The zero-order chi connectivity index (χ0) is 21.7. The monoisotopic (exact) mass is 418 g/mol. The lowest BCUT2D eigenvalue weighted by Gasteiger charge is -2.11. The second-order valence-electron chi connectivity index (χ2n) is 7.24. The summed E-state index contributed by atoms with van der Waals surface area (Å²) in [5.41, 5.74) is 2.84. The van der Waals surface area contributed by atoms with Gasteiger partial charge in [0, 0.05) is 23.9 Å². The van der Waals surface area contributed by atoms with Gasteiger partial charge in [0.1, 0.15) is 11.5 Å². The first kappa shape index (κ1) is 22.2. The highest BCUT2D eigenvalue weighted by Gasteiger charge is 2.04. The lowest BCUT2D eigenvalue weighted by atomic mass is 10.2. The Morgan fingerprint density at radius 1 is 0.806 bits per heavy atom. The van der Waals surface area contributed by atoms with Gasteiger partial charge in [0.2, 0.25) is 5.91 Å². The summed E-state index contributed by atoms with van der Waals surface area (Å²) < 4.78 is 11.5. The molecule has 0 saturated carbocycles. The molecule has 5 nitrogen and oxygen atoms in total. The second kappa shape index (κ2) is 12.3. The van der Waals surface area contributed by atoms with E-state index in [2.05, 4.69) is 29.7 Å². The molecular formula is C26H30N2O3. The Bertz CT molecular complexity index is 927. The highest BCUT2D eigenvalue weighted by molar-refractivity contribution is 5.93. The predicted molar refractivity (Wildman–Crippen MR) is 126 cm³/mol. The number of carbonyl (C=O) groups is 1. The Morgan fingerprint density at radius 3 is 2.35 bits per heavy atom. The number of amides is 1. The number of ether oxygens (including phenoxy) is 2. The number of nitrogens with one attached hydrogen (secondary N) is 2. The van der Waals surface area contributed by atoms with Crippen molar-refractivity contribution in [1.82, 2.24) is 0 Å². The summed E-state index contributed by atoms with van der Waals surface area (Å²) >= 11 is 0. The molecular weight excluding hydrogens is 388 g/mol. The van der Waals surface area contributed by atoms with Gasteiger partial charge in [-0.15, -0.1) is 0 Å². The van der Waals surface area contributed by atoms with Crippen molar-refractivity contribution in [2.75, 3.05) is 30.4 Å². The van der Waals surface area contributed by atoms with Gasteiger partial charge < -0.3 is 20.1 Å². The third-order valence-electron chi connectivity index (χ3n) is 4.69. The molecule has 31 heavy (non-hydrogen) atoms. The fourth-order valence-electron chi connectivity index (χ4n) is 2.99. The van der Waals surface area contributed by atoms with Crippen LogP contribution in [0.2, 0.25) is 0 Å². The zero-order valence-electron chi connectivity index (χ0n) is 18.0. The first-order chi connectivity index (χ1) is 15.2. The van der Waals surface area contributed by atoms with E-state index in [9.17, 15) is 4.79 Å². The van der Waals surface area contributed by atoms with Crippen molar-refractivity contribution in [1.29, 1.82) is 0 Å². The van der Waals surface area contributed by atoms with E-state index in [-0.39, 0.29) is 12.5 Å². The van der Waals surface area contributed by atoms with Gasteiger partial charge in [0.05, 0.1) is 19.8 Å². The maximum Gasteiger partial charge on any atom is 0.243 e. The van der Waals surface area contributed by atoms with E-state index in [0.29, 0.717) is 13.2 Å². The molecule has 3 aromatic rings. The molecule has 1 amide bonds. The molecule has 0 heterocycles. The van der Waals surface area contributed by atoms with Crippen LogP contribution >= 0.6 is 0 Å². The molecule has 3 rings (SSSR count). The van der Waals surface area contributed by atoms with Crippen LogP contribution in [0.15, 0.2) is 78.9 Å². The number of carbonyl (C=O) groups excluding carboxylic acids is 1. The SMILES string of the molecule is CCCCOc1cccc(NC(=O)CNc2ccc(OCCc3ccccc3)cc2)c1. The van der Waals surface area contributed by atoms with Crippen LogP contribution in [0.25, 0.3) is 0 Å². The van der Waals surface area contributed by atoms with Gasteiger partial charge in [-0.2, -0.15) is 0 Å². The lowest BCUT2D eigenvalue weighted by Crippen LogP contribution is -2.21. The van der Waals surface area contributed by atoms with E-state index < -0.39 is 0 Å². The molecule has 0 radical (unpaired) electrons. The van der Waals surface area contributed by atoms with Crippen molar-refractivity contribution in [3.8, 4) is 11.5 Å². The molecule has 0 aromatic heterocycles. The smallest absolute Gasteiger partial charge is 0.243 e. The summed E-state index contributed by atoms with van der Waals surface area (Å²) in [5, 5.41) is 6.02. The van der Waals surface area contributed by atoms with Gasteiger partial charge in [0.25, 0.3) is 0 Å². The summed E-state index contributed by atoms with van der Waals surface area (Å²) in [6, 6.07) is 25.4. The molecule has 0 fully saturated rings. The second-order valence-corrected chi connectivity index (χ2v) is 7.24. The van der Waals surface area contributed by atoms with Gasteiger partial charge >= 0.3 is 0 Å². The van der Waals surface area contributed by atoms with Gasteiger partial charge in [-0.05, 0) is 48.4 Å². The highest BCUT2D eigenvalue weighted by atomic mass is 16.5. The van der Waals surface area contributed by atoms with Crippen LogP contribution in [-0.2, 0) is 11.2 Å². The summed E-state index contributed by atoms with van der Waals surface area (Å²) in [4.78, 5) is 12.3. The van der Waals surface area contributed by atoms with Crippen LogP contribution in [0.4, 0.5) is 11.4 Å². The molecule has 162 valence electrons. The Kier molecular flexibility index (Phi) is 8.80. The van der Waals surface area contributed by atoms with Gasteiger partial charge in [-0.3, -0.25) is 4.79 Å². The molecule has 0 bridgehead atoms. The van der Waals surface area contributed by atoms with Crippen molar-refractivity contribution >= 4 is 17.3 Å². The van der Waals surface area contributed by atoms with Crippen molar-refractivity contribution in [3.05, 3.63) is 84.4 Å². The van der Waals surface area contributed by atoms with Crippen LogP contribution < -0.4 is 20.1 Å². The Hall–Kier alpha value is -3.47. The highest BCUT2D eigenvalue weighted by Crippen LogP contribution is 2.18. The normalized spacial score (nSPS) is 10.4. The minimum absolute atomic E-state index is 0.117. The van der Waals surface area contributed by atoms with Crippen LogP contribution in [0.3, 0.4) is 0 Å². The van der Waals surface area contributed by atoms with Crippen LogP contribution in [0.1, 0.15) is 25.3 Å². The number of benzene rings is 3. The van der Waals surface area contributed by atoms with Crippen molar-refractivity contribution < 1.29 is 14.3 Å². The predicted octanol–water partition coefficient (Wildman–Crippen LogP) is 5.54. The molecule has 5 heteroatoms. The first-order valence-electron chi connectivity index (χ1n) is 10.8. The number of rotatable bonds is 12. The number of unbranched alkanes of at least 4 members (excludes halogenated alkanes) is 1. The maximum atomic E-state index is 12.3. The van der Waals surface area contributed by atoms with E-state index in [1.54, 1.807) is 0 Å². The standard InChI is InChI=1S/C26H30N2O3/c1-2-3-17-30-25-11-7-10-23(19-25)28-26(29)20-27-22-12-14-24(15-13-22)31-18-16-21-8-5-4-6-9-21/h4-15,19,27H,2-3,16-18,20H2,1H3,(H,28,29). The lowest BCUT2D eigenvalue weighted by molar-refractivity contribution is -0.114. The topological polar surface area (TPSA) is 59.6 Å². The van der Waals surface area contributed by atoms with Crippen molar-refractivity contribution in [2.24, 2.45) is 0 Å². The van der Waals surface area contributed by atoms with E-state index in [1.165, 1.54) is 5.56 Å². The minimum atomic E-state index is -0.117. The first-order valence-corrected chi connectivity index (χ1v) is 10.8. The molecule has 0 aliphatic rings. The minimum Gasteiger partial charge on any atom is -0.494 e. The van der Waals surface area contributed by atoms with Gasteiger partial charge in [0.15, 0.2) is 0 Å². The van der Waals surface area contributed by atoms with E-state index in [1.807, 2.05) is 66.7 Å². The summed E-state index contributed by atoms with van der Waals surface area (Å²) in [5.74, 6) is 1.46. The largest absolute Gasteiger partial charge is 0.494 e.